The van der Waals surface area contributed by atoms with Crippen molar-refractivity contribution in [1.82, 2.24) is 0 Å². The Kier molecular flexibility index (Phi) is 6.61. The number of anilines is 1. The van der Waals surface area contributed by atoms with Gasteiger partial charge in [0.15, 0.2) is 0 Å². The van der Waals surface area contributed by atoms with Gasteiger partial charge in [0.05, 0.1) is 16.7 Å². The van der Waals surface area contributed by atoms with Gasteiger partial charge in [-0.15, -0.1) is 0 Å². The van der Waals surface area contributed by atoms with E-state index in [4.69, 9.17) is 4.74 Å². The SMILES string of the molecule is CC(C)(C)OC(=O)c1ccc(-c2ccccc2)cc1NS(=O)(=O)C=Cc1ccccc1. The fourth-order valence-corrected chi connectivity index (χ4v) is 3.75. The fraction of sp³-hybridized carbons (Fsp3) is 0.160. The van der Waals surface area contributed by atoms with Crippen molar-refractivity contribution in [2.75, 3.05) is 4.72 Å². The zero-order valence-corrected chi connectivity index (χ0v) is 18.5. The average molecular weight is 436 g/mol. The first-order chi connectivity index (χ1) is 14.6. The molecule has 0 aromatic heterocycles. The van der Waals surface area contributed by atoms with Crippen LogP contribution in [0.1, 0.15) is 36.7 Å². The van der Waals surface area contributed by atoms with Crippen LogP contribution in [-0.2, 0) is 14.8 Å². The topological polar surface area (TPSA) is 72.5 Å². The molecule has 31 heavy (non-hydrogen) atoms. The number of ether oxygens (including phenoxy) is 1. The van der Waals surface area contributed by atoms with Gasteiger partial charge in [-0.2, -0.15) is 0 Å². The van der Waals surface area contributed by atoms with Crippen molar-refractivity contribution < 1.29 is 17.9 Å². The van der Waals surface area contributed by atoms with E-state index in [0.29, 0.717) is 0 Å². The molecule has 1 N–H and O–H groups in total. The van der Waals surface area contributed by atoms with E-state index in [-0.39, 0.29) is 11.3 Å². The lowest BCUT2D eigenvalue weighted by Crippen LogP contribution is -2.25. The zero-order valence-electron chi connectivity index (χ0n) is 17.7. The summed E-state index contributed by atoms with van der Waals surface area (Å²) in [7, 11) is -3.87. The maximum Gasteiger partial charge on any atom is 0.340 e. The summed E-state index contributed by atoms with van der Waals surface area (Å²) in [6.07, 6.45) is 1.50. The predicted molar refractivity (Wildman–Crippen MR) is 125 cm³/mol. The second kappa shape index (κ2) is 9.18. The van der Waals surface area contributed by atoms with Crippen LogP contribution in [0.25, 0.3) is 17.2 Å². The minimum absolute atomic E-state index is 0.145. The lowest BCUT2D eigenvalue weighted by atomic mass is 10.0. The quantitative estimate of drug-likeness (QED) is 0.503. The van der Waals surface area contributed by atoms with Crippen molar-refractivity contribution in [2.24, 2.45) is 0 Å². The smallest absolute Gasteiger partial charge is 0.340 e. The minimum atomic E-state index is -3.87. The van der Waals surface area contributed by atoms with Crippen molar-refractivity contribution in [1.29, 1.82) is 0 Å². The van der Waals surface area contributed by atoms with Crippen molar-refractivity contribution in [2.45, 2.75) is 26.4 Å². The Morgan fingerprint density at radius 3 is 2.10 bits per heavy atom. The molecule has 0 bridgehead atoms. The molecular formula is C25H25NO4S. The Hall–Kier alpha value is -3.38. The third-order valence-electron chi connectivity index (χ3n) is 4.24. The maximum absolute atomic E-state index is 12.7. The van der Waals surface area contributed by atoms with E-state index in [0.717, 1.165) is 22.1 Å². The van der Waals surface area contributed by atoms with E-state index in [1.54, 1.807) is 51.1 Å². The van der Waals surface area contributed by atoms with Crippen molar-refractivity contribution >= 4 is 27.8 Å². The monoisotopic (exact) mass is 435 g/mol. The number of hydrogen-bond donors (Lipinski definition) is 1. The highest BCUT2D eigenvalue weighted by Crippen LogP contribution is 2.28. The van der Waals surface area contributed by atoms with Crippen LogP contribution in [0.4, 0.5) is 5.69 Å². The van der Waals surface area contributed by atoms with E-state index >= 15 is 0 Å². The molecule has 0 atom stereocenters. The predicted octanol–water partition coefficient (Wildman–Crippen LogP) is 5.72. The Morgan fingerprint density at radius 1 is 0.871 bits per heavy atom. The summed E-state index contributed by atoms with van der Waals surface area (Å²) in [5, 5.41) is 1.08. The number of benzene rings is 3. The zero-order chi connectivity index (χ0) is 22.5. The highest BCUT2D eigenvalue weighted by atomic mass is 32.2. The van der Waals surface area contributed by atoms with Crippen LogP contribution in [0.3, 0.4) is 0 Å². The standard InChI is InChI=1S/C25H25NO4S/c1-25(2,3)30-24(27)22-15-14-21(20-12-8-5-9-13-20)18-23(22)26-31(28,29)17-16-19-10-6-4-7-11-19/h4-18,26H,1-3H3. The van der Waals surface area contributed by atoms with Gasteiger partial charge < -0.3 is 4.74 Å². The number of esters is 1. The van der Waals surface area contributed by atoms with Gasteiger partial charge in [0.2, 0.25) is 0 Å². The summed E-state index contributed by atoms with van der Waals surface area (Å²) >= 11 is 0. The van der Waals surface area contributed by atoms with Gasteiger partial charge >= 0.3 is 5.97 Å². The van der Waals surface area contributed by atoms with E-state index in [9.17, 15) is 13.2 Å². The van der Waals surface area contributed by atoms with Crippen molar-refractivity contribution in [3.8, 4) is 11.1 Å². The molecule has 0 heterocycles. The molecule has 0 saturated heterocycles. The van der Waals surface area contributed by atoms with Gasteiger partial charge in [-0.1, -0.05) is 66.7 Å². The molecule has 0 radical (unpaired) electrons. The third-order valence-corrected chi connectivity index (χ3v) is 5.24. The van der Waals surface area contributed by atoms with Crippen LogP contribution >= 0.6 is 0 Å². The molecule has 3 aromatic carbocycles. The average Bonchev–Trinajstić information content (AvgIpc) is 2.72. The van der Waals surface area contributed by atoms with E-state index in [2.05, 4.69) is 4.72 Å². The molecule has 0 aliphatic carbocycles. The molecule has 160 valence electrons. The Balaban J connectivity index is 1.98. The first-order valence-corrected chi connectivity index (χ1v) is 11.4. The third kappa shape index (κ3) is 6.55. The molecular weight excluding hydrogens is 410 g/mol. The molecule has 0 aliphatic heterocycles. The number of rotatable bonds is 6. The molecule has 0 fully saturated rings. The summed E-state index contributed by atoms with van der Waals surface area (Å²) in [4.78, 5) is 12.7. The van der Waals surface area contributed by atoms with Crippen LogP contribution in [0.2, 0.25) is 0 Å². The van der Waals surface area contributed by atoms with Crippen molar-refractivity contribution in [3.63, 3.8) is 0 Å². The Bertz CT molecular complexity index is 1180. The normalized spacial score (nSPS) is 12.0. The molecule has 0 unspecified atom stereocenters. The second-order valence-corrected chi connectivity index (χ2v) is 9.56. The molecule has 5 nitrogen and oxygen atoms in total. The largest absolute Gasteiger partial charge is 0.456 e. The highest BCUT2D eigenvalue weighted by molar-refractivity contribution is 7.95. The van der Waals surface area contributed by atoms with Gasteiger partial charge in [-0.3, -0.25) is 4.72 Å². The summed E-state index contributed by atoms with van der Waals surface area (Å²) in [6, 6.07) is 23.6. The molecule has 6 heteroatoms. The van der Waals surface area contributed by atoms with Crippen molar-refractivity contribution in [3.05, 3.63) is 95.4 Å². The molecule has 3 aromatic rings. The van der Waals surface area contributed by atoms with Crippen LogP contribution in [0.5, 0.6) is 0 Å². The number of hydrogen-bond acceptors (Lipinski definition) is 4. The summed E-state index contributed by atoms with van der Waals surface area (Å²) in [5.74, 6) is -0.600. The van der Waals surface area contributed by atoms with Crippen LogP contribution in [0.15, 0.2) is 84.3 Å². The first-order valence-electron chi connectivity index (χ1n) is 9.82. The molecule has 0 aliphatic rings. The van der Waals surface area contributed by atoms with Crippen LogP contribution in [0, 0.1) is 0 Å². The van der Waals surface area contributed by atoms with Gasteiger partial charge in [-0.25, -0.2) is 13.2 Å². The highest BCUT2D eigenvalue weighted by Gasteiger charge is 2.22. The number of carbonyl (C=O) groups is 1. The Labute approximate surface area is 183 Å². The lowest BCUT2D eigenvalue weighted by Gasteiger charge is -2.21. The number of carbonyl (C=O) groups excluding carboxylic acids is 1. The fourth-order valence-electron chi connectivity index (χ4n) is 2.87. The maximum atomic E-state index is 12.7. The Morgan fingerprint density at radius 2 is 1.48 bits per heavy atom. The molecule has 0 spiro atoms. The molecule has 3 rings (SSSR count). The van der Waals surface area contributed by atoms with E-state index < -0.39 is 21.6 Å². The number of nitrogens with one attached hydrogen (secondary N) is 1. The first kappa shape index (κ1) is 22.3. The van der Waals surface area contributed by atoms with E-state index in [1.165, 1.54) is 6.08 Å². The van der Waals surface area contributed by atoms with Gasteiger partial charge in [0.25, 0.3) is 10.0 Å². The molecule has 0 amide bonds. The van der Waals surface area contributed by atoms with Gasteiger partial charge in [0.1, 0.15) is 5.60 Å². The molecule has 0 saturated carbocycles. The van der Waals surface area contributed by atoms with Gasteiger partial charge in [-0.05, 0) is 55.7 Å². The lowest BCUT2D eigenvalue weighted by molar-refractivity contribution is 0.00708. The van der Waals surface area contributed by atoms with Crippen LogP contribution in [-0.4, -0.2) is 20.0 Å². The summed E-state index contributed by atoms with van der Waals surface area (Å²) in [5.41, 5.74) is 2.02. The second-order valence-electron chi connectivity index (χ2n) is 7.99. The summed E-state index contributed by atoms with van der Waals surface area (Å²) < 4.78 is 33.4. The van der Waals surface area contributed by atoms with E-state index in [1.807, 2.05) is 48.5 Å². The minimum Gasteiger partial charge on any atom is -0.456 e. The number of sulfonamides is 1. The van der Waals surface area contributed by atoms with Gasteiger partial charge in [0, 0.05) is 0 Å². The summed E-state index contributed by atoms with van der Waals surface area (Å²) in [6.45, 7) is 5.28. The van der Waals surface area contributed by atoms with Crippen LogP contribution < -0.4 is 4.72 Å².